The van der Waals surface area contributed by atoms with Gasteiger partial charge in [0, 0.05) is 22.5 Å². The zero-order valence-corrected chi connectivity index (χ0v) is 16.0. The lowest BCUT2D eigenvalue weighted by molar-refractivity contribution is 0.318. The largest absolute Gasteiger partial charge is 0.508 e. The maximum Gasteiger partial charge on any atom is 0.128 e. The molecule has 0 saturated carbocycles. The zero-order valence-electron chi connectivity index (χ0n) is 14.4. The van der Waals surface area contributed by atoms with Crippen molar-refractivity contribution in [2.75, 3.05) is 0 Å². The lowest BCUT2D eigenvalue weighted by Gasteiger charge is -2.12. The Morgan fingerprint density at radius 1 is 1.00 bits per heavy atom. The third-order valence-corrected chi connectivity index (χ3v) is 4.74. The first kappa shape index (κ1) is 19.3. The number of rotatable bonds is 8. The van der Waals surface area contributed by atoms with Crippen LogP contribution in [0.25, 0.3) is 0 Å². The molecule has 134 valence electrons. The van der Waals surface area contributed by atoms with E-state index in [9.17, 15) is 15.4 Å². The Morgan fingerprint density at radius 2 is 1.72 bits per heavy atom. The summed E-state index contributed by atoms with van der Waals surface area (Å²) in [6.45, 7) is 2.16. The van der Waals surface area contributed by atoms with Gasteiger partial charge in [-0.1, -0.05) is 59.4 Å². The molecule has 0 spiro atoms. The second kappa shape index (κ2) is 9.47. The molecule has 0 unspecified atom stereocenters. The quantitative estimate of drug-likeness (QED) is 0.238. The van der Waals surface area contributed by atoms with Gasteiger partial charge < -0.3 is 15.4 Å². The molecule has 0 aliphatic heterocycles. The van der Waals surface area contributed by atoms with E-state index in [1.807, 2.05) is 24.3 Å². The van der Waals surface area contributed by atoms with Gasteiger partial charge in [0.1, 0.15) is 11.5 Å². The maximum absolute atomic E-state index is 10.2. The standard InChI is InChI=1S/C20H24BrNO3/c1-2-3-4-5-6-15-12-17(20(24)13-19(15)23)18(22-25)11-14-7-9-16(21)10-8-14/h7-10,12-13,23-25H,2-6,11H2,1H3/b22-18-. The number of aryl methyl sites for hydroxylation is 1. The van der Waals surface area contributed by atoms with Crippen LogP contribution in [-0.2, 0) is 12.8 Å². The molecule has 3 N–H and O–H groups in total. The average molecular weight is 406 g/mol. The second-order valence-electron chi connectivity index (χ2n) is 6.16. The molecule has 0 radical (unpaired) electrons. The molecule has 0 fully saturated rings. The number of oxime groups is 1. The van der Waals surface area contributed by atoms with Crippen molar-refractivity contribution in [2.45, 2.75) is 45.4 Å². The summed E-state index contributed by atoms with van der Waals surface area (Å²) in [6.07, 6.45) is 5.52. The Hall–Kier alpha value is -2.01. The van der Waals surface area contributed by atoms with Crippen molar-refractivity contribution in [1.82, 2.24) is 0 Å². The third-order valence-electron chi connectivity index (χ3n) is 4.21. The summed E-state index contributed by atoms with van der Waals surface area (Å²) in [7, 11) is 0. The van der Waals surface area contributed by atoms with Crippen LogP contribution in [0.5, 0.6) is 11.5 Å². The van der Waals surface area contributed by atoms with E-state index in [4.69, 9.17) is 0 Å². The number of hydrogen-bond donors (Lipinski definition) is 3. The molecule has 0 atom stereocenters. The summed E-state index contributed by atoms with van der Waals surface area (Å²) in [5.74, 6) is -0.00148. The van der Waals surface area contributed by atoms with Gasteiger partial charge in [-0.15, -0.1) is 0 Å². The molecule has 2 aromatic carbocycles. The third kappa shape index (κ3) is 5.49. The molecule has 2 rings (SSSR count). The first-order chi connectivity index (χ1) is 12.0. The molecule has 0 aliphatic carbocycles. The molecule has 0 amide bonds. The Balaban J connectivity index is 2.21. The Bertz CT molecular complexity index is 726. The van der Waals surface area contributed by atoms with Crippen LogP contribution in [0.3, 0.4) is 0 Å². The van der Waals surface area contributed by atoms with Gasteiger partial charge >= 0.3 is 0 Å². The van der Waals surface area contributed by atoms with Crippen molar-refractivity contribution >= 4 is 21.6 Å². The van der Waals surface area contributed by atoms with Crippen LogP contribution in [0.2, 0.25) is 0 Å². The van der Waals surface area contributed by atoms with E-state index in [1.165, 1.54) is 12.5 Å². The summed E-state index contributed by atoms with van der Waals surface area (Å²) in [6, 6.07) is 10.7. The number of phenols is 2. The van der Waals surface area contributed by atoms with E-state index in [0.29, 0.717) is 17.7 Å². The lowest BCUT2D eigenvalue weighted by atomic mass is 9.97. The van der Waals surface area contributed by atoms with Crippen molar-refractivity contribution in [3.8, 4) is 11.5 Å². The highest BCUT2D eigenvalue weighted by Gasteiger charge is 2.15. The highest BCUT2D eigenvalue weighted by Crippen LogP contribution is 2.30. The van der Waals surface area contributed by atoms with Crippen molar-refractivity contribution in [3.63, 3.8) is 0 Å². The fraction of sp³-hybridized carbons (Fsp3) is 0.350. The molecule has 4 nitrogen and oxygen atoms in total. The van der Waals surface area contributed by atoms with Crippen molar-refractivity contribution in [2.24, 2.45) is 5.16 Å². The Morgan fingerprint density at radius 3 is 2.36 bits per heavy atom. The molecule has 5 heteroatoms. The van der Waals surface area contributed by atoms with E-state index in [0.717, 1.165) is 41.3 Å². The minimum atomic E-state index is -0.0836. The van der Waals surface area contributed by atoms with Gasteiger partial charge in [-0.05, 0) is 42.2 Å². The van der Waals surface area contributed by atoms with Crippen LogP contribution in [0.4, 0.5) is 0 Å². The van der Waals surface area contributed by atoms with Gasteiger partial charge in [-0.3, -0.25) is 0 Å². The molecular weight excluding hydrogens is 382 g/mol. The molecule has 2 aromatic rings. The van der Waals surface area contributed by atoms with Gasteiger partial charge in [0.2, 0.25) is 0 Å². The Labute approximate surface area is 157 Å². The summed E-state index contributed by atoms with van der Waals surface area (Å²) in [4.78, 5) is 0. The molecule has 0 aliphatic rings. The number of benzene rings is 2. The molecular formula is C20H24BrNO3. The smallest absolute Gasteiger partial charge is 0.128 e. The number of aromatic hydroxyl groups is 2. The van der Waals surface area contributed by atoms with E-state index >= 15 is 0 Å². The molecule has 0 heterocycles. The predicted octanol–water partition coefficient (Wildman–Crippen LogP) is 5.40. The van der Waals surface area contributed by atoms with E-state index in [-0.39, 0.29) is 11.5 Å². The SMILES string of the molecule is CCCCCCc1cc(/C(Cc2ccc(Br)cc2)=N\O)c(O)cc1O. The lowest BCUT2D eigenvalue weighted by Crippen LogP contribution is -2.07. The predicted molar refractivity (Wildman–Crippen MR) is 104 cm³/mol. The van der Waals surface area contributed by atoms with Crippen molar-refractivity contribution in [1.29, 1.82) is 0 Å². The van der Waals surface area contributed by atoms with Gasteiger partial charge in [0.25, 0.3) is 0 Å². The van der Waals surface area contributed by atoms with Crippen LogP contribution in [-0.4, -0.2) is 21.1 Å². The van der Waals surface area contributed by atoms with E-state index < -0.39 is 0 Å². The monoisotopic (exact) mass is 405 g/mol. The van der Waals surface area contributed by atoms with Crippen molar-refractivity contribution < 1.29 is 15.4 Å². The molecule has 0 bridgehead atoms. The number of hydrogen-bond acceptors (Lipinski definition) is 4. The number of phenolic OH excluding ortho intramolecular Hbond substituents is 2. The number of unbranched alkanes of at least 4 members (excludes halogenated alkanes) is 3. The van der Waals surface area contributed by atoms with Crippen molar-refractivity contribution in [3.05, 3.63) is 57.6 Å². The first-order valence-corrected chi connectivity index (χ1v) is 9.35. The second-order valence-corrected chi connectivity index (χ2v) is 7.07. The van der Waals surface area contributed by atoms with Crippen LogP contribution in [0.1, 0.15) is 49.3 Å². The summed E-state index contributed by atoms with van der Waals surface area (Å²) >= 11 is 3.39. The average Bonchev–Trinajstić information content (AvgIpc) is 2.60. The number of nitrogens with zero attached hydrogens (tertiary/aromatic N) is 1. The molecule has 0 saturated heterocycles. The summed E-state index contributed by atoms with van der Waals surface area (Å²) in [5, 5.41) is 33.1. The fourth-order valence-electron chi connectivity index (χ4n) is 2.78. The highest BCUT2D eigenvalue weighted by atomic mass is 79.9. The number of halogens is 1. The minimum Gasteiger partial charge on any atom is -0.508 e. The molecule has 0 aromatic heterocycles. The van der Waals surface area contributed by atoms with Gasteiger partial charge in [0.15, 0.2) is 0 Å². The van der Waals surface area contributed by atoms with Crippen LogP contribution in [0.15, 0.2) is 46.0 Å². The van der Waals surface area contributed by atoms with E-state index in [1.54, 1.807) is 6.07 Å². The van der Waals surface area contributed by atoms with E-state index in [2.05, 4.69) is 28.0 Å². The highest BCUT2D eigenvalue weighted by molar-refractivity contribution is 9.10. The van der Waals surface area contributed by atoms with Gasteiger partial charge in [0.05, 0.1) is 5.71 Å². The minimum absolute atomic E-state index is 0.0821. The van der Waals surface area contributed by atoms with Gasteiger partial charge in [-0.25, -0.2) is 0 Å². The topological polar surface area (TPSA) is 73.1 Å². The van der Waals surface area contributed by atoms with Crippen LogP contribution >= 0.6 is 15.9 Å². The molecule has 25 heavy (non-hydrogen) atoms. The Kier molecular flexibility index (Phi) is 7.31. The first-order valence-electron chi connectivity index (χ1n) is 8.55. The fourth-order valence-corrected chi connectivity index (χ4v) is 3.04. The summed E-state index contributed by atoms with van der Waals surface area (Å²) in [5.41, 5.74) is 2.55. The van der Waals surface area contributed by atoms with Gasteiger partial charge in [-0.2, -0.15) is 0 Å². The summed E-state index contributed by atoms with van der Waals surface area (Å²) < 4.78 is 0.973. The van der Waals surface area contributed by atoms with Crippen LogP contribution in [0, 0.1) is 0 Å². The zero-order chi connectivity index (χ0) is 18.2. The van der Waals surface area contributed by atoms with Crippen LogP contribution < -0.4 is 0 Å². The normalized spacial score (nSPS) is 11.7. The maximum atomic E-state index is 10.2.